The van der Waals surface area contributed by atoms with Crippen LogP contribution in [0.4, 0.5) is 0 Å². The summed E-state index contributed by atoms with van der Waals surface area (Å²) in [5.74, 6) is 0.938. The van der Waals surface area contributed by atoms with Crippen LogP contribution in [0.2, 0.25) is 4.34 Å². The third-order valence-electron chi connectivity index (χ3n) is 3.06. The maximum absolute atomic E-state index is 5.93. The highest BCUT2D eigenvalue weighted by atomic mass is 35.5. The molecule has 20 heavy (non-hydrogen) atoms. The molecule has 0 aliphatic rings. The van der Waals surface area contributed by atoms with E-state index in [0.29, 0.717) is 6.04 Å². The van der Waals surface area contributed by atoms with Gasteiger partial charge in [-0.25, -0.2) is 0 Å². The number of benzene rings is 1. The molecule has 1 aromatic heterocycles. The Morgan fingerprint density at radius 2 is 1.95 bits per heavy atom. The molecule has 1 heterocycles. The highest BCUT2D eigenvalue weighted by Gasteiger charge is 2.06. The Labute approximate surface area is 129 Å². The van der Waals surface area contributed by atoms with Crippen LogP contribution in [0.15, 0.2) is 36.4 Å². The summed E-state index contributed by atoms with van der Waals surface area (Å²) < 4.78 is 6.43. The standard InChI is InChI=1S/C16H20ClNOS/c1-3-10-19-14-6-4-13(5-7-14)12(2)18-11-15-8-9-16(17)20-15/h4-9,12,18H,3,10-11H2,1-2H3. The Morgan fingerprint density at radius 3 is 2.55 bits per heavy atom. The topological polar surface area (TPSA) is 21.3 Å². The molecule has 1 N–H and O–H groups in total. The van der Waals surface area contributed by atoms with Gasteiger partial charge in [-0.3, -0.25) is 0 Å². The molecule has 0 spiro atoms. The van der Waals surface area contributed by atoms with Gasteiger partial charge in [0.05, 0.1) is 10.9 Å². The second-order valence-corrected chi connectivity index (χ2v) is 6.53. The van der Waals surface area contributed by atoms with Crippen molar-refractivity contribution in [3.63, 3.8) is 0 Å². The van der Waals surface area contributed by atoms with Crippen molar-refractivity contribution in [2.45, 2.75) is 32.9 Å². The molecule has 0 saturated carbocycles. The summed E-state index contributed by atoms with van der Waals surface area (Å²) in [6, 6.07) is 12.6. The lowest BCUT2D eigenvalue weighted by molar-refractivity contribution is 0.317. The summed E-state index contributed by atoms with van der Waals surface area (Å²) in [5, 5.41) is 3.50. The van der Waals surface area contributed by atoms with Gasteiger partial charge in [0.1, 0.15) is 5.75 Å². The Balaban J connectivity index is 1.86. The van der Waals surface area contributed by atoms with E-state index in [0.717, 1.165) is 29.7 Å². The molecule has 0 fully saturated rings. The van der Waals surface area contributed by atoms with Crippen LogP contribution in [0.1, 0.15) is 36.8 Å². The molecule has 108 valence electrons. The zero-order valence-corrected chi connectivity index (χ0v) is 13.4. The van der Waals surface area contributed by atoms with Crippen LogP contribution < -0.4 is 10.1 Å². The fraction of sp³-hybridized carbons (Fsp3) is 0.375. The van der Waals surface area contributed by atoms with Gasteiger partial charge in [0, 0.05) is 17.5 Å². The highest BCUT2D eigenvalue weighted by molar-refractivity contribution is 7.16. The van der Waals surface area contributed by atoms with Crippen molar-refractivity contribution in [2.75, 3.05) is 6.61 Å². The van der Waals surface area contributed by atoms with Gasteiger partial charge >= 0.3 is 0 Å². The number of thiophene rings is 1. The van der Waals surface area contributed by atoms with E-state index in [1.54, 1.807) is 11.3 Å². The average Bonchev–Trinajstić information content (AvgIpc) is 2.89. The normalized spacial score (nSPS) is 12.3. The minimum Gasteiger partial charge on any atom is -0.494 e. The predicted octanol–water partition coefficient (Wildman–Crippen LogP) is 5.04. The fourth-order valence-corrected chi connectivity index (χ4v) is 2.93. The average molecular weight is 310 g/mol. The molecule has 1 aromatic carbocycles. The van der Waals surface area contributed by atoms with Gasteiger partial charge in [0.15, 0.2) is 0 Å². The largest absolute Gasteiger partial charge is 0.494 e. The molecule has 0 saturated heterocycles. The lowest BCUT2D eigenvalue weighted by atomic mass is 10.1. The lowest BCUT2D eigenvalue weighted by Gasteiger charge is -2.14. The van der Waals surface area contributed by atoms with Crippen molar-refractivity contribution in [1.29, 1.82) is 0 Å². The quantitative estimate of drug-likeness (QED) is 0.773. The Hall–Kier alpha value is -1.03. The first-order valence-electron chi connectivity index (χ1n) is 6.89. The molecule has 0 aliphatic carbocycles. The molecule has 0 aliphatic heterocycles. The molecule has 0 bridgehead atoms. The van der Waals surface area contributed by atoms with Gasteiger partial charge in [-0.15, -0.1) is 11.3 Å². The second kappa shape index (κ2) is 7.67. The van der Waals surface area contributed by atoms with Crippen LogP contribution in [0.25, 0.3) is 0 Å². The van der Waals surface area contributed by atoms with Crippen molar-refractivity contribution < 1.29 is 4.74 Å². The number of hydrogen-bond acceptors (Lipinski definition) is 3. The molecule has 0 radical (unpaired) electrons. The van der Waals surface area contributed by atoms with Gasteiger partial charge in [0.25, 0.3) is 0 Å². The smallest absolute Gasteiger partial charge is 0.119 e. The van der Waals surface area contributed by atoms with Gasteiger partial charge in [-0.2, -0.15) is 0 Å². The molecular formula is C16H20ClNOS. The fourth-order valence-electron chi connectivity index (χ4n) is 1.89. The van der Waals surface area contributed by atoms with Crippen molar-refractivity contribution >= 4 is 22.9 Å². The van der Waals surface area contributed by atoms with Gasteiger partial charge in [0.2, 0.25) is 0 Å². The Bertz CT molecular complexity index is 524. The number of nitrogens with one attached hydrogen (secondary N) is 1. The van der Waals surface area contributed by atoms with Crippen molar-refractivity contribution in [2.24, 2.45) is 0 Å². The molecule has 1 atom stereocenters. The van der Waals surface area contributed by atoms with E-state index in [1.165, 1.54) is 10.4 Å². The number of hydrogen-bond donors (Lipinski definition) is 1. The van der Waals surface area contributed by atoms with E-state index in [2.05, 4.69) is 37.4 Å². The van der Waals surface area contributed by atoms with Gasteiger partial charge in [-0.1, -0.05) is 30.7 Å². The van der Waals surface area contributed by atoms with E-state index < -0.39 is 0 Å². The molecule has 2 nitrogen and oxygen atoms in total. The first-order valence-corrected chi connectivity index (χ1v) is 8.09. The third-order valence-corrected chi connectivity index (χ3v) is 4.30. The van der Waals surface area contributed by atoms with Crippen molar-refractivity contribution in [3.05, 3.63) is 51.2 Å². The minimum absolute atomic E-state index is 0.302. The highest BCUT2D eigenvalue weighted by Crippen LogP contribution is 2.23. The Kier molecular flexibility index (Phi) is 5.89. The molecule has 0 amide bonds. The predicted molar refractivity (Wildman–Crippen MR) is 86.8 cm³/mol. The SMILES string of the molecule is CCCOc1ccc(C(C)NCc2ccc(Cl)s2)cc1. The first kappa shape index (κ1) is 15.4. The van der Waals surface area contributed by atoms with Crippen LogP contribution in [0, 0.1) is 0 Å². The molecule has 2 rings (SSSR count). The summed E-state index contributed by atoms with van der Waals surface area (Å²) in [5.41, 5.74) is 1.26. The van der Waals surface area contributed by atoms with Crippen LogP contribution in [-0.2, 0) is 6.54 Å². The summed E-state index contributed by atoms with van der Waals surface area (Å²) in [6.07, 6.45) is 1.03. The third kappa shape index (κ3) is 4.51. The van der Waals surface area contributed by atoms with Crippen molar-refractivity contribution in [3.8, 4) is 5.75 Å². The lowest BCUT2D eigenvalue weighted by Crippen LogP contribution is -2.17. The zero-order valence-electron chi connectivity index (χ0n) is 11.9. The second-order valence-electron chi connectivity index (χ2n) is 4.73. The zero-order chi connectivity index (χ0) is 14.4. The maximum Gasteiger partial charge on any atom is 0.119 e. The van der Waals surface area contributed by atoms with E-state index in [-0.39, 0.29) is 0 Å². The van der Waals surface area contributed by atoms with Crippen LogP contribution in [-0.4, -0.2) is 6.61 Å². The van der Waals surface area contributed by atoms with Crippen LogP contribution in [0.5, 0.6) is 5.75 Å². The summed E-state index contributed by atoms with van der Waals surface area (Å²) in [7, 11) is 0. The Morgan fingerprint density at radius 1 is 1.20 bits per heavy atom. The van der Waals surface area contributed by atoms with Crippen LogP contribution >= 0.6 is 22.9 Å². The number of ether oxygens (including phenoxy) is 1. The monoisotopic (exact) mass is 309 g/mol. The summed E-state index contributed by atoms with van der Waals surface area (Å²) in [6.45, 7) is 5.88. The number of rotatable bonds is 7. The molecular weight excluding hydrogens is 290 g/mol. The molecule has 4 heteroatoms. The van der Waals surface area contributed by atoms with E-state index in [1.807, 2.05) is 18.2 Å². The van der Waals surface area contributed by atoms with Crippen molar-refractivity contribution in [1.82, 2.24) is 5.32 Å². The molecule has 2 aromatic rings. The van der Waals surface area contributed by atoms with Gasteiger partial charge in [-0.05, 0) is 43.2 Å². The van der Waals surface area contributed by atoms with Crippen LogP contribution in [0.3, 0.4) is 0 Å². The summed E-state index contributed by atoms with van der Waals surface area (Å²) in [4.78, 5) is 1.25. The molecule has 1 unspecified atom stereocenters. The minimum atomic E-state index is 0.302. The summed E-state index contributed by atoms with van der Waals surface area (Å²) >= 11 is 7.55. The first-order chi connectivity index (χ1) is 9.69. The number of halogens is 1. The van der Waals surface area contributed by atoms with Gasteiger partial charge < -0.3 is 10.1 Å². The van der Waals surface area contributed by atoms with E-state index >= 15 is 0 Å². The maximum atomic E-state index is 5.93. The van der Waals surface area contributed by atoms with E-state index in [4.69, 9.17) is 16.3 Å². The van der Waals surface area contributed by atoms with E-state index in [9.17, 15) is 0 Å².